The van der Waals surface area contributed by atoms with Gasteiger partial charge in [0.15, 0.2) is 0 Å². The fraction of sp³-hybridized carbons (Fsp3) is 0.217. The van der Waals surface area contributed by atoms with E-state index in [0.717, 1.165) is 17.8 Å². The number of aryl methyl sites for hydroxylation is 2. The van der Waals surface area contributed by atoms with E-state index in [9.17, 15) is 9.59 Å². The van der Waals surface area contributed by atoms with Crippen LogP contribution in [-0.2, 0) is 4.74 Å². The van der Waals surface area contributed by atoms with Crippen molar-refractivity contribution in [3.63, 3.8) is 0 Å². The van der Waals surface area contributed by atoms with E-state index >= 15 is 0 Å². The molecule has 30 heavy (non-hydrogen) atoms. The van der Waals surface area contributed by atoms with Gasteiger partial charge in [-0.05, 0) is 62.7 Å². The van der Waals surface area contributed by atoms with E-state index in [1.54, 1.807) is 42.5 Å². The van der Waals surface area contributed by atoms with Crippen LogP contribution in [0, 0.1) is 13.8 Å². The maximum absolute atomic E-state index is 12.7. The third-order valence-electron chi connectivity index (χ3n) is 4.16. The monoisotopic (exact) mass is 404 g/mol. The number of nitrogens with one attached hydrogen (secondary N) is 2. The minimum absolute atomic E-state index is 0.293. The van der Waals surface area contributed by atoms with Crippen molar-refractivity contribution in [2.75, 3.05) is 17.2 Å². The third-order valence-corrected chi connectivity index (χ3v) is 4.16. The van der Waals surface area contributed by atoms with Crippen LogP contribution in [0.3, 0.4) is 0 Å². The van der Waals surface area contributed by atoms with Crippen LogP contribution >= 0.6 is 0 Å². The molecule has 0 spiro atoms. The molecule has 7 nitrogen and oxygen atoms in total. The van der Waals surface area contributed by atoms with Gasteiger partial charge in [-0.2, -0.15) is 0 Å². The summed E-state index contributed by atoms with van der Waals surface area (Å²) in [6.45, 7) is 6.09. The summed E-state index contributed by atoms with van der Waals surface area (Å²) in [4.78, 5) is 33.4. The molecule has 0 aliphatic rings. The van der Waals surface area contributed by atoms with Gasteiger partial charge in [0.25, 0.3) is 5.91 Å². The molecule has 0 radical (unpaired) electrons. The number of hydrogen-bond acceptors (Lipinski definition) is 6. The molecule has 0 saturated carbocycles. The number of carbonyl (C=O) groups excluding carboxylic acids is 2. The Morgan fingerprint density at radius 1 is 0.900 bits per heavy atom. The van der Waals surface area contributed by atoms with Crippen LogP contribution in [-0.4, -0.2) is 28.5 Å². The second-order valence-electron chi connectivity index (χ2n) is 6.85. The van der Waals surface area contributed by atoms with Crippen molar-refractivity contribution < 1.29 is 14.3 Å². The Labute approximate surface area is 175 Å². The Balaban J connectivity index is 1.72. The summed E-state index contributed by atoms with van der Waals surface area (Å²) in [5, 5.41) is 5.94. The van der Waals surface area contributed by atoms with E-state index in [0.29, 0.717) is 35.1 Å². The average Bonchev–Trinajstić information content (AvgIpc) is 2.71. The number of carbonyl (C=O) groups is 2. The normalized spacial score (nSPS) is 10.4. The van der Waals surface area contributed by atoms with Crippen LogP contribution in [0.15, 0.2) is 54.6 Å². The zero-order valence-electron chi connectivity index (χ0n) is 17.2. The highest BCUT2D eigenvalue weighted by Crippen LogP contribution is 2.18. The van der Waals surface area contributed by atoms with Gasteiger partial charge in [-0.15, -0.1) is 0 Å². The third kappa shape index (κ3) is 5.64. The molecule has 0 saturated heterocycles. The number of rotatable bonds is 7. The second kappa shape index (κ2) is 9.65. The van der Waals surface area contributed by atoms with Crippen LogP contribution in [0.1, 0.15) is 45.4 Å². The van der Waals surface area contributed by atoms with Gasteiger partial charge in [-0.1, -0.05) is 19.1 Å². The molecular formula is C23H24N4O3. The first-order valence-corrected chi connectivity index (χ1v) is 9.72. The van der Waals surface area contributed by atoms with Crippen molar-refractivity contribution in [3.05, 3.63) is 77.1 Å². The lowest BCUT2D eigenvalue weighted by atomic mass is 10.1. The molecule has 1 heterocycles. The van der Waals surface area contributed by atoms with Crippen LogP contribution in [0.25, 0.3) is 0 Å². The Kier molecular flexibility index (Phi) is 6.75. The van der Waals surface area contributed by atoms with Gasteiger partial charge in [0.1, 0.15) is 0 Å². The number of amides is 1. The highest BCUT2D eigenvalue weighted by molar-refractivity contribution is 6.05. The summed E-state index contributed by atoms with van der Waals surface area (Å²) in [5.74, 6) is -0.227. The Bertz CT molecular complexity index is 1050. The number of esters is 1. The molecule has 2 aromatic carbocycles. The van der Waals surface area contributed by atoms with Crippen LogP contribution < -0.4 is 10.6 Å². The summed E-state index contributed by atoms with van der Waals surface area (Å²) in [5.41, 5.74) is 3.78. The molecule has 3 aromatic rings. The maximum Gasteiger partial charge on any atom is 0.338 e. The summed E-state index contributed by atoms with van der Waals surface area (Å²) in [7, 11) is 0. The van der Waals surface area contributed by atoms with E-state index in [4.69, 9.17) is 4.74 Å². The number of nitrogens with zero attached hydrogens (tertiary/aromatic N) is 2. The summed E-state index contributed by atoms with van der Waals surface area (Å²) in [6, 6.07) is 15.6. The number of aromatic nitrogens is 2. The number of ether oxygens (including phenoxy) is 1. The van der Waals surface area contributed by atoms with Crippen molar-refractivity contribution in [1.82, 2.24) is 9.97 Å². The standard InChI is InChI=1S/C23H24N4O3/c1-4-11-30-22(29)18-8-6-9-19(14-18)26-21(28)17-7-5-10-20(13-17)27-23-24-15(2)12-16(3)25-23/h5-10,12-14H,4,11H2,1-3H3,(H,26,28)(H,24,25,27). The topological polar surface area (TPSA) is 93.2 Å². The lowest BCUT2D eigenvalue weighted by molar-refractivity contribution is 0.0505. The predicted octanol–water partition coefficient (Wildman–Crippen LogP) is 4.66. The largest absolute Gasteiger partial charge is 0.462 e. The zero-order valence-corrected chi connectivity index (χ0v) is 17.2. The van der Waals surface area contributed by atoms with E-state index in [-0.39, 0.29) is 5.91 Å². The van der Waals surface area contributed by atoms with Crippen molar-refractivity contribution >= 4 is 29.2 Å². The summed E-state index contributed by atoms with van der Waals surface area (Å²) in [6.07, 6.45) is 0.750. The fourth-order valence-electron chi connectivity index (χ4n) is 2.85. The van der Waals surface area contributed by atoms with E-state index < -0.39 is 5.97 Å². The smallest absolute Gasteiger partial charge is 0.338 e. The maximum atomic E-state index is 12.7. The van der Waals surface area contributed by atoms with Gasteiger partial charge >= 0.3 is 5.97 Å². The second-order valence-corrected chi connectivity index (χ2v) is 6.85. The Hall–Kier alpha value is -3.74. The van der Waals surface area contributed by atoms with Gasteiger partial charge in [0.2, 0.25) is 5.95 Å². The highest BCUT2D eigenvalue weighted by atomic mass is 16.5. The molecule has 0 atom stereocenters. The van der Waals surface area contributed by atoms with Crippen molar-refractivity contribution in [2.24, 2.45) is 0 Å². The molecule has 0 unspecified atom stereocenters. The van der Waals surface area contributed by atoms with Crippen LogP contribution in [0.5, 0.6) is 0 Å². The molecule has 3 rings (SSSR count). The predicted molar refractivity (Wildman–Crippen MR) is 116 cm³/mol. The van der Waals surface area contributed by atoms with Gasteiger partial charge in [-0.3, -0.25) is 4.79 Å². The SMILES string of the molecule is CCCOC(=O)c1cccc(NC(=O)c2cccc(Nc3nc(C)cc(C)n3)c2)c1. The van der Waals surface area contributed by atoms with Gasteiger partial charge in [0, 0.05) is 28.3 Å². The Morgan fingerprint density at radius 3 is 2.23 bits per heavy atom. The Morgan fingerprint density at radius 2 is 1.53 bits per heavy atom. The number of benzene rings is 2. The molecule has 0 aliphatic carbocycles. The fourth-order valence-corrected chi connectivity index (χ4v) is 2.85. The van der Waals surface area contributed by atoms with Gasteiger partial charge in [-0.25, -0.2) is 14.8 Å². The lowest BCUT2D eigenvalue weighted by Crippen LogP contribution is -2.13. The van der Waals surface area contributed by atoms with E-state index in [1.807, 2.05) is 32.9 Å². The minimum Gasteiger partial charge on any atom is -0.462 e. The lowest BCUT2D eigenvalue weighted by Gasteiger charge is -2.10. The highest BCUT2D eigenvalue weighted by Gasteiger charge is 2.11. The molecule has 0 aliphatic heterocycles. The van der Waals surface area contributed by atoms with E-state index in [1.165, 1.54) is 0 Å². The molecule has 1 aromatic heterocycles. The summed E-state index contributed by atoms with van der Waals surface area (Å²) < 4.78 is 5.14. The minimum atomic E-state index is -0.410. The number of anilines is 3. The molecular weight excluding hydrogens is 380 g/mol. The first kappa shape index (κ1) is 21.0. The molecule has 1 amide bonds. The average molecular weight is 404 g/mol. The van der Waals surface area contributed by atoms with Crippen LogP contribution in [0.4, 0.5) is 17.3 Å². The summed E-state index contributed by atoms with van der Waals surface area (Å²) >= 11 is 0. The van der Waals surface area contributed by atoms with Gasteiger partial charge < -0.3 is 15.4 Å². The quantitative estimate of drug-likeness (QED) is 0.557. The molecule has 154 valence electrons. The van der Waals surface area contributed by atoms with Crippen LogP contribution in [0.2, 0.25) is 0 Å². The zero-order chi connectivity index (χ0) is 21.5. The van der Waals surface area contributed by atoms with Crippen molar-refractivity contribution in [2.45, 2.75) is 27.2 Å². The molecule has 0 bridgehead atoms. The van der Waals surface area contributed by atoms with E-state index in [2.05, 4.69) is 20.6 Å². The number of hydrogen-bond donors (Lipinski definition) is 2. The van der Waals surface area contributed by atoms with Crippen molar-refractivity contribution in [1.29, 1.82) is 0 Å². The first-order valence-electron chi connectivity index (χ1n) is 9.72. The molecule has 2 N–H and O–H groups in total. The molecule has 7 heteroatoms. The van der Waals surface area contributed by atoms with Gasteiger partial charge in [0.05, 0.1) is 12.2 Å². The molecule has 0 fully saturated rings. The first-order chi connectivity index (χ1) is 14.4. The van der Waals surface area contributed by atoms with Crippen molar-refractivity contribution in [3.8, 4) is 0 Å².